The number of imide groups is 1. The maximum absolute atomic E-state index is 11.3. The lowest BCUT2D eigenvalue weighted by molar-refractivity contribution is -0.119. The van der Waals surface area contributed by atoms with Gasteiger partial charge in [0.15, 0.2) is 0 Å². The fourth-order valence-electron chi connectivity index (χ4n) is 1.48. The van der Waals surface area contributed by atoms with Crippen molar-refractivity contribution < 1.29 is 24.2 Å². The van der Waals surface area contributed by atoms with Gasteiger partial charge >= 0.3 is 5.97 Å². The van der Waals surface area contributed by atoms with Crippen LogP contribution in [-0.4, -0.2) is 22.9 Å². The highest BCUT2D eigenvalue weighted by molar-refractivity contribution is 6.28. The lowest BCUT2D eigenvalue weighted by atomic mass is 10.2. The number of benzene rings is 1. The fourth-order valence-corrected chi connectivity index (χ4v) is 1.48. The van der Waals surface area contributed by atoms with Crippen molar-refractivity contribution in [2.45, 2.75) is 0 Å². The average molecular weight is 287 g/mol. The number of rotatable bonds is 4. The van der Waals surface area contributed by atoms with Crippen LogP contribution in [0, 0.1) is 0 Å². The van der Waals surface area contributed by atoms with E-state index in [2.05, 4.69) is 17.9 Å². The van der Waals surface area contributed by atoms with Gasteiger partial charge in [-0.3, -0.25) is 9.59 Å². The molecule has 0 radical (unpaired) electrons. The molecule has 2 rings (SSSR count). The van der Waals surface area contributed by atoms with Crippen molar-refractivity contribution >= 4 is 23.5 Å². The van der Waals surface area contributed by atoms with Crippen molar-refractivity contribution in [2.24, 2.45) is 0 Å². The number of hydrogen-bond donors (Lipinski definition) is 1. The Hall–Kier alpha value is -3.15. The maximum atomic E-state index is 11.3. The van der Waals surface area contributed by atoms with E-state index in [4.69, 9.17) is 5.11 Å². The van der Waals surface area contributed by atoms with Gasteiger partial charge in [-0.2, -0.15) is 0 Å². The number of ether oxygens (including phenoxy) is 1. The SMILES string of the molecule is C=COC=C.O=C(O)c1ccc(N2C(=O)C=CC2=O)cc1. The molecule has 1 aromatic carbocycles. The summed E-state index contributed by atoms with van der Waals surface area (Å²) in [5, 5.41) is 8.69. The number of carbonyl (C=O) groups is 3. The first-order valence-corrected chi connectivity index (χ1v) is 5.78. The molecule has 0 spiro atoms. The molecule has 21 heavy (non-hydrogen) atoms. The molecule has 0 saturated heterocycles. The van der Waals surface area contributed by atoms with E-state index in [1.165, 1.54) is 48.9 Å². The van der Waals surface area contributed by atoms with Crippen LogP contribution in [0.4, 0.5) is 5.69 Å². The smallest absolute Gasteiger partial charge is 0.335 e. The minimum atomic E-state index is -1.05. The van der Waals surface area contributed by atoms with Crippen molar-refractivity contribution in [3.63, 3.8) is 0 Å². The Kier molecular flexibility index (Phi) is 5.64. The first kappa shape index (κ1) is 15.9. The van der Waals surface area contributed by atoms with E-state index >= 15 is 0 Å². The molecular weight excluding hydrogens is 274 g/mol. The third-order valence-corrected chi connectivity index (χ3v) is 2.37. The highest BCUT2D eigenvalue weighted by Gasteiger charge is 2.24. The van der Waals surface area contributed by atoms with Crippen molar-refractivity contribution in [3.8, 4) is 0 Å². The molecule has 2 amide bonds. The van der Waals surface area contributed by atoms with Gasteiger partial charge in [0.2, 0.25) is 0 Å². The molecule has 6 nitrogen and oxygen atoms in total. The summed E-state index contributed by atoms with van der Waals surface area (Å²) >= 11 is 0. The standard InChI is InChI=1S/C11H7NO4.C4H6O/c13-9-5-6-10(14)12(9)8-3-1-7(2-4-8)11(15)16;1-3-5-4-2/h1-6H,(H,15,16);3-4H,1-2H2. The van der Waals surface area contributed by atoms with Crippen LogP contribution in [0.25, 0.3) is 0 Å². The van der Waals surface area contributed by atoms with Crippen LogP contribution < -0.4 is 4.90 Å². The zero-order chi connectivity index (χ0) is 15.8. The third-order valence-electron chi connectivity index (χ3n) is 2.37. The summed E-state index contributed by atoms with van der Waals surface area (Å²) < 4.78 is 4.36. The van der Waals surface area contributed by atoms with E-state index in [0.717, 1.165) is 4.90 Å². The van der Waals surface area contributed by atoms with E-state index in [9.17, 15) is 14.4 Å². The number of hydrogen-bond acceptors (Lipinski definition) is 4. The number of carboxylic acids is 1. The Morgan fingerprint density at radius 1 is 1.05 bits per heavy atom. The topological polar surface area (TPSA) is 83.9 Å². The first-order valence-electron chi connectivity index (χ1n) is 5.78. The number of amides is 2. The van der Waals surface area contributed by atoms with Crippen LogP contribution in [-0.2, 0) is 14.3 Å². The number of anilines is 1. The average Bonchev–Trinajstić information content (AvgIpc) is 2.80. The third kappa shape index (κ3) is 4.17. The molecule has 1 heterocycles. The van der Waals surface area contributed by atoms with Gasteiger partial charge in [0.25, 0.3) is 11.8 Å². The summed E-state index contributed by atoms with van der Waals surface area (Å²) in [4.78, 5) is 34.2. The molecular formula is C15H13NO5. The predicted octanol–water partition coefficient (Wildman–Crippen LogP) is 2.10. The summed E-state index contributed by atoms with van der Waals surface area (Å²) in [6.07, 6.45) is 4.97. The van der Waals surface area contributed by atoms with E-state index in [1.54, 1.807) is 0 Å². The largest absolute Gasteiger partial charge is 0.478 e. The quantitative estimate of drug-likeness (QED) is 0.677. The summed E-state index contributed by atoms with van der Waals surface area (Å²) in [5.41, 5.74) is 0.473. The summed E-state index contributed by atoms with van der Waals surface area (Å²) in [6, 6.07) is 5.53. The number of carboxylic acid groups (broad SMARTS) is 1. The summed E-state index contributed by atoms with van der Waals surface area (Å²) in [6.45, 7) is 6.51. The van der Waals surface area contributed by atoms with Gasteiger partial charge in [0, 0.05) is 12.2 Å². The first-order chi connectivity index (χ1) is 10.0. The monoisotopic (exact) mass is 287 g/mol. The Labute approximate surface area is 121 Å². The second kappa shape index (κ2) is 7.44. The molecule has 0 aliphatic carbocycles. The van der Waals surface area contributed by atoms with E-state index in [1.807, 2.05) is 0 Å². The Morgan fingerprint density at radius 2 is 1.52 bits per heavy atom. The second-order valence-electron chi connectivity index (χ2n) is 3.67. The number of aromatic carboxylic acids is 1. The normalized spacial score (nSPS) is 12.5. The minimum Gasteiger partial charge on any atom is -0.478 e. The zero-order valence-electron chi connectivity index (χ0n) is 11.1. The van der Waals surface area contributed by atoms with Gasteiger partial charge < -0.3 is 9.84 Å². The highest BCUT2D eigenvalue weighted by Crippen LogP contribution is 2.19. The lowest BCUT2D eigenvalue weighted by Crippen LogP contribution is -2.29. The van der Waals surface area contributed by atoms with E-state index in [-0.39, 0.29) is 5.56 Å². The Bertz CT molecular complexity index is 577. The molecule has 1 N–H and O–H groups in total. The molecule has 1 aromatic rings. The van der Waals surface area contributed by atoms with Crippen LogP contribution in [0.5, 0.6) is 0 Å². The van der Waals surface area contributed by atoms with Gasteiger partial charge in [-0.25, -0.2) is 9.69 Å². The van der Waals surface area contributed by atoms with Gasteiger partial charge in [0.05, 0.1) is 23.8 Å². The van der Waals surface area contributed by atoms with E-state index < -0.39 is 17.8 Å². The predicted molar refractivity (Wildman–Crippen MR) is 76.5 cm³/mol. The minimum absolute atomic E-state index is 0.107. The van der Waals surface area contributed by atoms with Crippen LogP contribution in [0.15, 0.2) is 62.1 Å². The highest BCUT2D eigenvalue weighted by atomic mass is 16.5. The van der Waals surface area contributed by atoms with Crippen LogP contribution in [0.3, 0.4) is 0 Å². The lowest BCUT2D eigenvalue weighted by Gasteiger charge is -2.13. The van der Waals surface area contributed by atoms with Crippen LogP contribution in [0.1, 0.15) is 10.4 Å². The van der Waals surface area contributed by atoms with Gasteiger partial charge in [-0.15, -0.1) is 0 Å². The number of nitrogens with zero attached hydrogens (tertiary/aromatic N) is 1. The molecule has 1 aliphatic rings. The maximum Gasteiger partial charge on any atom is 0.335 e. The van der Waals surface area contributed by atoms with Gasteiger partial charge in [-0.1, -0.05) is 13.2 Å². The molecule has 1 aliphatic heterocycles. The second-order valence-corrected chi connectivity index (χ2v) is 3.67. The molecule has 0 aromatic heterocycles. The number of carbonyl (C=O) groups excluding carboxylic acids is 2. The molecule has 0 bridgehead atoms. The molecule has 0 saturated carbocycles. The van der Waals surface area contributed by atoms with Gasteiger partial charge in [0.1, 0.15) is 0 Å². The van der Waals surface area contributed by atoms with Crippen molar-refractivity contribution in [1.82, 2.24) is 0 Å². The van der Waals surface area contributed by atoms with Crippen LogP contribution in [0.2, 0.25) is 0 Å². The Morgan fingerprint density at radius 3 is 1.86 bits per heavy atom. The molecule has 0 unspecified atom stereocenters. The van der Waals surface area contributed by atoms with Gasteiger partial charge in [-0.05, 0) is 24.3 Å². The fraction of sp³-hybridized carbons (Fsp3) is 0. The van der Waals surface area contributed by atoms with Crippen molar-refractivity contribution in [2.75, 3.05) is 4.90 Å². The van der Waals surface area contributed by atoms with E-state index in [0.29, 0.717) is 5.69 Å². The van der Waals surface area contributed by atoms with Crippen molar-refractivity contribution in [3.05, 3.63) is 67.7 Å². The molecule has 0 fully saturated rings. The summed E-state index contributed by atoms with van der Waals surface area (Å²) in [7, 11) is 0. The molecule has 108 valence electrons. The molecule has 0 atom stereocenters. The van der Waals surface area contributed by atoms with Crippen molar-refractivity contribution in [1.29, 1.82) is 0 Å². The molecule has 6 heteroatoms. The zero-order valence-corrected chi connectivity index (χ0v) is 11.1. The summed E-state index contributed by atoms with van der Waals surface area (Å²) in [5.74, 6) is -1.90. The Balaban J connectivity index is 0.000000383. The van der Waals surface area contributed by atoms with Crippen LogP contribution >= 0.6 is 0 Å².